The number of fused-ring (bicyclic) bond motifs is 1. The largest absolute Gasteiger partial charge is 0.394 e. The first-order valence-electron chi connectivity index (χ1n) is 14.2. The molecule has 4 rings (SSSR count). The minimum absolute atomic E-state index is 0.199. The summed E-state index contributed by atoms with van der Waals surface area (Å²) in [6, 6.07) is 6.50. The van der Waals surface area contributed by atoms with Gasteiger partial charge in [0.1, 0.15) is 37.1 Å². The highest BCUT2D eigenvalue weighted by Crippen LogP contribution is 2.40. The average molecular weight is 593 g/mol. The third kappa shape index (κ3) is 8.33. The summed E-state index contributed by atoms with van der Waals surface area (Å²) in [5, 5.41) is 64.0. The number of ether oxygens (including phenoxy) is 3. The molecule has 0 spiro atoms. The summed E-state index contributed by atoms with van der Waals surface area (Å²) in [4.78, 5) is 23.3. The van der Waals surface area contributed by atoms with Gasteiger partial charge in [-0.1, -0.05) is 54.5 Å². The molecule has 3 heterocycles. The molecule has 1 amide bonds. The molecule has 41 heavy (non-hydrogen) atoms. The number of aliphatic hydroxyl groups excluding tert-OH is 6. The van der Waals surface area contributed by atoms with Gasteiger partial charge in [-0.15, -0.1) is 5.23 Å². The zero-order valence-electron chi connectivity index (χ0n) is 24.8. The van der Waals surface area contributed by atoms with Crippen LogP contribution in [0, 0.1) is 0 Å². The first-order chi connectivity index (χ1) is 19.8. The van der Waals surface area contributed by atoms with Crippen LogP contribution in [0.15, 0.2) is 24.3 Å². The predicted molar refractivity (Wildman–Crippen MR) is 148 cm³/mol. The van der Waals surface area contributed by atoms with Crippen LogP contribution in [0.5, 0.6) is 0 Å². The standard InChI is InChI=1S/C21H30N2O12.3C2H6/c1-2-14(27)22-10-4-3-5-11(6-10)23-34-17-15(28)12(7-24)31-20(18(17)35-23)33-21(9-26)19(30)16(29)13(8-25)32-21;3*1-2/h3-6,12-13,15-20,24-26,28-30H,2,7-9H2,1H3,(H,22,27);3*1-2H3. The zero-order chi connectivity index (χ0) is 31.3. The van der Waals surface area contributed by atoms with Crippen LogP contribution in [0.1, 0.15) is 54.9 Å². The molecule has 3 fully saturated rings. The van der Waals surface area contributed by atoms with Gasteiger partial charge in [0.05, 0.1) is 18.9 Å². The third-order valence-corrected chi connectivity index (χ3v) is 6.12. The summed E-state index contributed by atoms with van der Waals surface area (Å²) < 4.78 is 16.8. The number of carbonyl (C=O) groups is 1. The molecule has 0 aromatic heterocycles. The lowest BCUT2D eigenvalue weighted by molar-refractivity contribution is -0.375. The van der Waals surface area contributed by atoms with Crippen molar-refractivity contribution in [1.82, 2.24) is 0 Å². The first-order valence-corrected chi connectivity index (χ1v) is 14.2. The van der Waals surface area contributed by atoms with Crippen molar-refractivity contribution in [2.45, 2.75) is 110 Å². The Morgan fingerprint density at radius 3 is 2.10 bits per heavy atom. The molecule has 0 aliphatic carbocycles. The lowest BCUT2D eigenvalue weighted by Crippen LogP contribution is -2.61. The van der Waals surface area contributed by atoms with E-state index in [4.69, 9.17) is 23.9 Å². The quantitative estimate of drug-likeness (QED) is 0.219. The van der Waals surface area contributed by atoms with Crippen LogP contribution in [-0.2, 0) is 28.7 Å². The fourth-order valence-electron chi connectivity index (χ4n) is 4.15. The molecular weight excluding hydrogens is 544 g/mol. The molecule has 3 saturated heterocycles. The number of aliphatic hydroxyl groups is 6. The number of anilines is 2. The molecule has 7 N–H and O–H groups in total. The van der Waals surface area contributed by atoms with E-state index in [1.807, 2.05) is 41.5 Å². The Kier molecular flexibility index (Phi) is 16.2. The highest BCUT2D eigenvalue weighted by Gasteiger charge is 2.60. The molecular formula is C27H48N2O12. The summed E-state index contributed by atoms with van der Waals surface area (Å²) in [7, 11) is 0. The lowest BCUT2D eigenvalue weighted by atomic mass is 9.99. The van der Waals surface area contributed by atoms with Crippen LogP contribution >= 0.6 is 0 Å². The minimum Gasteiger partial charge on any atom is -0.394 e. The van der Waals surface area contributed by atoms with Crippen molar-refractivity contribution in [3.8, 4) is 0 Å². The fraction of sp³-hybridized carbons (Fsp3) is 0.741. The van der Waals surface area contributed by atoms with Crippen LogP contribution in [0.4, 0.5) is 11.4 Å². The average Bonchev–Trinajstić information content (AvgIpc) is 3.58. The Labute approximate surface area is 241 Å². The summed E-state index contributed by atoms with van der Waals surface area (Å²) in [5.74, 6) is -2.39. The van der Waals surface area contributed by atoms with E-state index in [2.05, 4.69) is 5.32 Å². The number of nitrogens with zero attached hydrogens (tertiary/aromatic N) is 1. The van der Waals surface area contributed by atoms with Gasteiger partial charge in [-0.2, -0.15) is 0 Å². The van der Waals surface area contributed by atoms with E-state index in [1.54, 1.807) is 31.2 Å². The zero-order valence-corrected chi connectivity index (χ0v) is 24.8. The Morgan fingerprint density at radius 2 is 1.56 bits per heavy atom. The summed E-state index contributed by atoms with van der Waals surface area (Å²) >= 11 is 0. The van der Waals surface area contributed by atoms with Gasteiger partial charge in [0, 0.05) is 12.1 Å². The smallest absolute Gasteiger partial charge is 0.224 e. The van der Waals surface area contributed by atoms with Crippen LogP contribution in [0.3, 0.4) is 0 Å². The maximum absolute atomic E-state index is 11.7. The summed E-state index contributed by atoms with van der Waals surface area (Å²) in [5.41, 5.74) is 0.824. The second-order valence-electron chi connectivity index (χ2n) is 8.43. The van der Waals surface area contributed by atoms with Gasteiger partial charge in [0.2, 0.25) is 11.7 Å². The Morgan fingerprint density at radius 1 is 0.951 bits per heavy atom. The van der Waals surface area contributed by atoms with E-state index >= 15 is 0 Å². The molecule has 0 saturated carbocycles. The molecule has 3 aliphatic rings. The highest BCUT2D eigenvalue weighted by atomic mass is 17.0. The summed E-state index contributed by atoms with van der Waals surface area (Å²) in [6.07, 6.45) is -10.6. The van der Waals surface area contributed by atoms with Gasteiger partial charge < -0.3 is 50.2 Å². The van der Waals surface area contributed by atoms with Crippen LogP contribution in [0.2, 0.25) is 0 Å². The number of hydrogen-bond donors (Lipinski definition) is 7. The van der Waals surface area contributed by atoms with Crippen molar-refractivity contribution in [2.24, 2.45) is 0 Å². The van der Waals surface area contributed by atoms with Crippen molar-refractivity contribution < 1.29 is 59.3 Å². The first kappa shape index (κ1) is 37.1. The predicted octanol–water partition coefficient (Wildman–Crippen LogP) is 0.430. The van der Waals surface area contributed by atoms with Crippen LogP contribution in [0.25, 0.3) is 0 Å². The molecule has 14 nitrogen and oxygen atoms in total. The molecule has 9 unspecified atom stereocenters. The summed E-state index contributed by atoms with van der Waals surface area (Å²) in [6.45, 7) is 11.5. The topological polar surface area (TPSA) is 200 Å². The molecule has 238 valence electrons. The number of hydrogen-bond acceptors (Lipinski definition) is 13. The molecule has 1 aromatic carbocycles. The number of carbonyl (C=O) groups excluding carboxylic acids is 1. The lowest BCUT2D eigenvalue weighted by Gasteiger charge is -2.41. The van der Waals surface area contributed by atoms with E-state index in [9.17, 15) is 35.4 Å². The van der Waals surface area contributed by atoms with Gasteiger partial charge >= 0.3 is 0 Å². The van der Waals surface area contributed by atoms with Gasteiger partial charge in [-0.3, -0.25) is 4.79 Å². The Balaban J connectivity index is 0.00000131. The van der Waals surface area contributed by atoms with Crippen molar-refractivity contribution >= 4 is 17.3 Å². The fourth-order valence-corrected chi connectivity index (χ4v) is 4.15. The second-order valence-corrected chi connectivity index (χ2v) is 8.43. The van der Waals surface area contributed by atoms with Gasteiger partial charge in [0.25, 0.3) is 0 Å². The van der Waals surface area contributed by atoms with Gasteiger partial charge in [-0.05, 0) is 18.2 Å². The number of rotatable bonds is 8. The number of benzene rings is 1. The number of nitrogens with one attached hydrogen (secondary N) is 1. The maximum atomic E-state index is 11.7. The van der Waals surface area contributed by atoms with E-state index in [0.29, 0.717) is 11.4 Å². The van der Waals surface area contributed by atoms with Gasteiger partial charge in [0.15, 0.2) is 18.5 Å². The van der Waals surface area contributed by atoms with Crippen molar-refractivity contribution in [3.63, 3.8) is 0 Å². The molecule has 1 aromatic rings. The van der Waals surface area contributed by atoms with Crippen LogP contribution < -0.4 is 10.5 Å². The second kappa shape index (κ2) is 17.9. The van der Waals surface area contributed by atoms with E-state index < -0.39 is 74.6 Å². The van der Waals surface area contributed by atoms with E-state index in [0.717, 1.165) is 5.23 Å². The van der Waals surface area contributed by atoms with E-state index in [-0.39, 0.29) is 12.3 Å². The van der Waals surface area contributed by atoms with Gasteiger partial charge in [-0.25, -0.2) is 9.68 Å². The monoisotopic (exact) mass is 592 g/mol. The molecule has 14 heteroatoms. The molecule has 0 bridgehead atoms. The molecule has 0 radical (unpaired) electrons. The Bertz CT molecular complexity index is 896. The van der Waals surface area contributed by atoms with Crippen molar-refractivity contribution in [3.05, 3.63) is 24.3 Å². The maximum Gasteiger partial charge on any atom is 0.224 e. The number of amides is 1. The van der Waals surface area contributed by atoms with E-state index in [1.165, 1.54) is 0 Å². The minimum atomic E-state index is -2.19. The SMILES string of the molecule is CC.CC.CC.CCC(=O)Nc1cccc(N2OC3C(OC4(CO)OC(CO)C(O)C4O)OC(CO)C(O)C3O2)c1. The highest BCUT2D eigenvalue weighted by molar-refractivity contribution is 5.90. The van der Waals surface area contributed by atoms with Crippen molar-refractivity contribution in [2.75, 3.05) is 30.4 Å². The van der Waals surface area contributed by atoms with Crippen molar-refractivity contribution in [1.29, 1.82) is 0 Å². The van der Waals surface area contributed by atoms with Crippen LogP contribution in [-0.4, -0.2) is 111 Å². The normalized spacial score (nSPS) is 33.7. The Hall–Kier alpha value is -1.95. The molecule has 3 aliphatic heterocycles. The molecule has 9 atom stereocenters. The third-order valence-electron chi connectivity index (χ3n) is 6.12.